The quantitative estimate of drug-likeness (QED) is 0.160. The van der Waals surface area contributed by atoms with Crippen LogP contribution in [0.2, 0.25) is 0 Å². The Morgan fingerprint density at radius 3 is 1.65 bits per heavy atom. The molecule has 0 N–H and O–H groups in total. The molecular formula is C38H40Cl2F2N4. The fraction of sp³-hybridized carbons (Fsp3) is 0.316. The van der Waals surface area contributed by atoms with Crippen molar-refractivity contribution in [3.8, 4) is 12.1 Å². The average Bonchev–Trinajstić information content (AvgIpc) is 3.09. The van der Waals surface area contributed by atoms with Gasteiger partial charge in [0.15, 0.2) is 0 Å². The molecule has 0 radical (unpaired) electrons. The highest BCUT2D eigenvalue weighted by atomic mass is 35.5. The highest BCUT2D eigenvalue weighted by Crippen LogP contribution is 2.35. The maximum atomic E-state index is 13.1. The van der Waals surface area contributed by atoms with Gasteiger partial charge in [0.2, 0.25) is 0 Å². The largest absolute Gasteiger partial charge is 0.299 e. The van der Waals surface area contributed by atoms with Gasteiger partial charge < -0.3 is 0 Å². The molecule has 4 nitrogen and oxygen atoms in total. The standard InChI is InChI=1S/C19H19FN2.C11H15Cl2N.C8H6FN/c20-18-8-6-17(7-9-18)19(15-21)10-12-22(13-11-19)14-16-4-2-1-3-5-16;12-6-8-14(9-7-13)10-11-4-2-1-3-5-11;9-8-3-1-7(2-4-8)5-6-10/h1-9H,10-14H2;1-5H,6-10H2;1-4H,5H2. The zero-order valence-electron chi connectivity index (χ0n) is 26.0. The summed E-state index contributed by atoms with van der Waals surface area (Å²) in [5.41, 5.74) is 3.93. The summed E-state index contributed by atoms with van der Waals surface area (Å²) < 4.78 is 25.3. The lowest BCUT2D eigenvalue weighted by Crippen LogP contribution is -2.41. The van der Waals surface area contributed by atoms with E-state index in [1.54, 1.807) is 24.3 Å². The van der Waals surface area contributed by atoms with Gasteiger partial charge in [0.1, 0.15) is 11.6 Å². The van der Waals surface area contributed by atoms with Crippen LogP contribution in [0.1, 0.15) is 35.1 Å². The first-order chi connectivity index (χ1) is 22.4. The Kier molecular flexibility index (Phi) is 16.2. The van der Waals surface area contributed by atoms with E-state index in [0.29, 0.717) is 18.2 Å². The molecule has 1 aliphatic rings. The van der Waals surface area contributed by atoms with Crippen molar-refractivity contribution in [2.24, 2.45) is 0 Å². The molecule has 0 aromatic heterocycles. The molecular weight excluding hydrogens is 621 g/mol. The molecule has 1 aliphatic heterocycles. The summed E-state index contributed by atoms with van der Waals surface area (Å²) in [6.45, 7) is 5.41. The smallest absolute Gasteiger partial charge is 0.123 e. The Hall–Kier alpha value is -3.78. The van der Waals surface area contributed by atoms with Gasteiger partial charge >= 0.3 is 0 Å². The third-order valence-corrected chi connectivity index (χ3v) is 8.15. The number of hydrogen-bond donors (Lipinski definition) is 0. The van der Waals surface area contributed by atoms with Crippen molar-refractivity contribution in [3.05, 3.63) is 143 Å². The van der Waals surface area contributed by atoms with Gasteiger partial charge in [-0.1, -0.05) is 84.9 Å². The number of alkyl halides is 2. The second-order valence-corrected chi connectivity index (χ2v) is 11.8. The first-order valence-corrected chi connectivity index (χ1v) is 16.4. The lowest BCUT2D eigenvalue weighted by atomic mass is 9.74. The summed E-state index contributed by atoms with van der Waals surface area (Å²) in [5.74, 6) is 0.799. The van der Waals surface area contributed by atoms with E-state index in [9.17, 15) is 14.0 Å². The van der Waals surface area contributed by atoms with Crippen molar-refractivity contribution >= 4 is 23.2 Å². The second kappa shape index (κ2) is 20.4. The van der Waals surface area contributed by atoms with Gasteiger partial charge in [0.25, 0.3) is 0 Å². The lowest BCUT2D eigenvalue weighted by Gasteiger charge is -2.37. The normalized spacial score (nSPS) is 13.7. The van der Waals surface area contributed by atoms with Crippen LogP contribution in [0.25, 0.3) is 0 Å². The molecule has 0 amide bonds. The predicted octanol–water partition coefficient (Wildman–Crippen LogP) is 8.74. The van der Waals surface area contributed by atoms with E-state index in [-0.39, 0.29) is 11.6 Å². The van der Waals surface area contributed by atoms with Crippen LogP contribution in [-0.4, -0.2) is 47.7 Å². The molecule has 46 heavy (non-hydrogen) atoms. The van der Waals surface area contributed by atoms with Crippen molar-refractivity contribution in [2.45, 2.75) is 37.8 Å². The highest BCUT2D eigenvalue weighted by Gasteiger charge is 2.36. The Bertz CT molecular complexity index is 1470. The monoisotopic (exact) mass is 660 g/mol. The van der Waals surface area contributed by atoms with Gasteiger partial charge in [-0.25, -0.2) is 8.78 Å². The van der Waals surface area contributed by atoms with E-state index in [0.717, 1.165) is 63.2 Å². The van der Waals surface area contributed by atoms with Crippen LogP contribution < -0.4 is 0 Å². The van der Waals surface area contributed by atoms with Crippen LogP contribution in [0.4, 0.5) is 8.78 Å². The molecule has 4 aromatic rings. The number of nitrogens with zero attached hydrogens (tertiary/aromatic N) is 4. The molecule has 5 rings (SSSR count). The number of halogens is 4. The van der Waals surface area contributed by atoms with E-state index in [4.69, 9.17) is 28.5 Å². The molecule has 240 valence electrons. The molecule has 1 heterocycles. The molecule has 8 heteroatoms. The third kappa shape index (κ3) is 12.5. The fourth-order valence-electron chi connectivity index (χ4n) is 5.21. The predicted molar refractivity (Wildman–Crippen MR) is 184 cm³/mol. The second-order valence-electron chi connectivity index (χ2n) is 11.1. The Morgan fingerprint density at radius 2 is 1.17 bits per heavy atom. The summed E-state index contributed by atoms with van der Waals surface area (Å²) in [5, 5.41) is 17.9. The minimum absolute atomic E-state index is 0.252. The molecule has 0 spiro atoms. The molecule has 0 unspecified atom stereocenters. The number of benzene rings is 4. The maximum absolute atomic E-state index is 13.1. The van der Waals surface area contributed by atoms with Crippen LogP contribution in [-0.2, 0) is 24.9 Å². The van der Waals surface area contributed by atoms with Crippen molar-refractivity contribution in [3.63, 3.8) is 0 Å². The first-order valence-electron chi connectivity index (χ1n) is 15.3. The minimum Gasteiger partial charge on any atom is -0.299 e. The van der Waals surface area contributed by atoms with E-state index < -0.39 is 5.41 Å². The van der Waals surface area contributed by atoms with Crippen molar-refractivity contribution in [2.75, 3.05) is 37.9 Å². The Labute approximate surface area is 282 Å². The first kappa shape index (κ1) is 36.7. The van der Waals surface area contributed by atoms with Crippen molar-refractivity contribution in [1.82, 2.24) is 9.80 Å². The van der Waals surface area contributed by atoms with Gasteiger partial charge in [-0.3, -0.25) is 9.80 Å². The molecule has 0 aliphatic carbocycles. The average molecular weight is 662 g/mol. The van der Waals surface area contributed by atoms with Crippen LogP contribution in [0.5, 0.6) is 0 Å². The van der Waals surface area contributed by atoms with Crippen LogP contribution >= 0.6 is 23.2 Å². The highest BCUT2D eigenvalue weighted by molar-refractivity contribution is 6.18. The van der Waals surface area contributed by atoms with Gasteiger partial charge in [-0.15, -0.1) is 23.2 Å². The van der Waals surface area contributed by atoms with Crippen molar-refractivity contribution < 1.29 is 8.78 Å². The summed E-state index contributed by atoms with van der Waals surface area (Å²) in [7, 11) is 0. The van der Waals surface area contributed by atoms with E-state index >= 15 is 0 Å². The number of rotatable bonds is 10. The van der Waals surface area contributed by atoms with Crippen LogP contribution in [0.15, 0.2) is 109 Å². The number of piperidine rings is 1. The van der Waals surface area contributed by atoms with Crippen molar-refractivity contribution in [1.29, 1.82) is 10.5 Å². The summed E-state index contributed by atoms with van der Waals surface area (Å²) in [6.07, 6.45) is 1.93. The Morgan fingerprint density at radius 1 is 0.674 bits per heavy atom. The van der Waals surface area contributed by atoms with Crippen LogP contribution in [0.3, 0.4) is 0 Å². The number of hydrogen-bond acceptors (Lipinski definition) is 4. The molecule has 0 atom stereocenters. The summed E-state index contributed by atoms with van der Waals surface area (Å²) in [6, 6.07) is 37.6. The molecule has 1 fully saturated rings. The SMILES string of the molecule is ClCCN(CCCl)Cc1ccccc1.N#CC1(c2ccc(F)cc2)CCN(Cc2ccccc2)CC1.N#CCc1ccc(F)cc1. The molecule has 4 aromatic carbocycles. The third-order valence-electron chi connectivity index (χ3n) is 7.82. The van der Waals surface area contributed by atoms with Gasteiger partial charge in [-0.05, 0) is 59.4 Å². The van der Waals surface area contributed by atoms with E-state index in [1.165, 1.54) is 35.4 Å². The van der Waals surface area contributed by atoms with Crippen LogP contribution in [0, 0.1) is 34.3 Å². The zero-order valence-corrected chi connectivity index (χ0v) is 27.5. The lowest BCUT2D eigenvalue weighted by molar-refractivity contribution is 0.179. The maximum Gasteiger partial charge on any atom is 0.123 e. The number of nitriles is 2. The zero-order chi connectivity index (χ0) is 33.0. The van der Waals surface area contributed by atoms with Gasteiger partial charge in [-0.2, -0.15) is 10.5 Å². The number of likely N-dealkylation sites (tertiary alicyclic amines) is 1. The van der Waals surface area contributed by atoms with E-state index in [2.05, 4.69) is 64.4 Å². The summed E-state index contributed by atoms with van der Waals surface area (Å²) >= 11 is 11.4. The molecule has 0 bridgehead atoms. The Balaban J connectivity index is 0.000000206. The van der Waals surface area contributed by atoms with Gasteiger partial charge in [0, 0.05) is 51.0 Å². The molecule has 0 saturated carbocycles. The molecule has 1 saturated heterocycles. The fourth-order valence-corrected chi connectivity index (χ4v) is 5.69. The summed E-state index contributed by atoms with van der Waals surface area (Å²) in [4.78, 5) is 4.64. The minimum atomic E-state index is -0.471. The van der Waals surface area contributed by atoms with Gasteiger partial charge in [0.05, 0.1) is 24.0 Å². The topological polar surface area (TPSA) is 54.1 Å². The van der Waals surface area contributed by atoms with E-state index in [1.807, 2.05) is 18.2 Å².